The molecule has 7 rings (SSSR count). The van der Waals surface area contributed by atoms with E-state index in [-0.39, 0.29) is 0 Å². The molecule has 2 heterocycles. The summed E-state index contributed by atoms with van der Waals surface area (Å²) in [5.41, 5.74) is 10.7. The normalized spacial score (nSPS) is 12.4. The summed E-state index contributed by atoms with van der Waals surface area (Å²) < 4.78 is 4.71. The van der Waals surface area contributed by atoms with E-state index in [1.165, 1.54) is 55.0 Å². The summed E-state index contributed by atoms with van der Waals surface area (Å²) >= 11 is 0. The molecule has 0 radical (unpaired) electrons. The first-order valence-corrected chi connectivity index (χ1v) is 16.1. The van der Waals surface area contributed by atoms with Crippen molar-refractivity contribution < 1.29 is 0 Å². The first-order chi connectivity index (χ1) is 22.5. The maximum absolute atomic E-state index is 4.36. The number of hydrogen-bond donors (Lipinski definition) is 0. The molecule has 0 aliphatic rings. The zero-order chi connectivity index (χ0) is 31.6. The van der Waals surface area contributed by atoms with Gasteiger partial charge in [0.05, 0.1) is 0 Å². The van der Waals surface area contributed by atoms with Gasteiger partial charge >= 0.3 is 0 Å². The third-order valence-electron chi connectivity index (χ3n) is 8.98. The zero-order valence-electron chi connectivity index (χ0n) is 26.6. The Kier molecular flexibility index (Phi) is 7.86. The number of benzene rings is 5. The smallest absolute Gasteiger partial charge is 0.0497 e. The quantitative estimate of drug-likeness (QED) is 0.122. The van der Waals surface area contributed by atoms with Gasteiger partial charge in [-0.25, -0.2) is 0 Å². The van der Waals surface area contributed by atoms with Gasteiger partial charge in [0.2, 0.25) is 0 Å². The van der Waals surface area contributed by atoms with E-state index in [1.54, 1.807) is 0 Å². The van der Waals surface area contributed by atoms with E-state index in [0.29, 0.717) is 0 Å². The Hall–Kier alpha value is -5.60. The van der Waals surface area contributed by atoms with Gasteiger partial charge in [0.25, 0.3) is 0 Å². The fraction of sp³-hybridized carbons (Fsp3) is 0.0909. The van der Waals surface area contributed by atoms with Gasteiger partial charge in [0.1, 0.15) is 0 Å². The standard InChI is InChI=1S/C44H38N2/c1-5-45-41-13-9-7-11-38(41)32(4)43(45)29-31(3)15-16-33-19-24-36(25-20-33)37-26-21-34(22-27-37)17-18-35-23-28-40-39-12-8-10-14-42(39)46(6-2)44(40)30-35/h7-30H,3-6H2,1-2H3/b16-15+,18-17+,43-29+. The fourth-order valence-corrected chi connectivity index (χ4v) is 6.60. The minimum atomic E-state index is 0.889. The van der Waals surface area contributed by atoms with Crippen molar-refractivity contribution in [1.29, 1.82) is 0 Å². The highest BCUT2D eigenvalue weighted by molar-refractivity contribution is 6.08. The summed E-state index contributed by atoms with van der Waals surface area (Å²) in [5, 5.41) is 6.00. The molecular formula is C44H38N2. The van der Waals surface area contributed by atoms with E-state index < -0.39 is 0 Å². The second kappa shape index (κ2) is 12.4. The van der Waals surface area contributed by atoms with Crippen molar-refractivity contribution in [2.45, 2.75) is 26.9 Å². The summed E-state index contributed by atoms with van der Waals surface area (Å²) in [6, 6.07) is 41.3. The highest BCUT2D eigenvalue weighted by Crippen LogP contribution is 2.30. The maximum atomic E-state index is 4.36. The molecule has 46 heavy (non-hydrogen) atoms. The van der Waals surface area contributed by atoms with Crippen molar-refractivity contribution in [3.63, 3.8) is 0 Å². The molecule has 0 amide bonds. The molecule has 224 valence electrons. The molecule has 7 aromatic rings. The van der Waals surface area contributed by atoms with Crippen molar-refractivity contribution in [2.24, 2.45) is 0 Å². The van der Waals surface area contributed by atoms with E-state index in [2.05, 4.69) is 182 Å². The van der Waals surface area contributed by atoms with Crippen LogP contribution in [0, 0.1) is 0 Å². The second-order valence-electron chi connectivity index (χ2n) is 11.8. The molecule has 2 heteroatoms. The average molecular weight is 595 g/mol. The van der Waals surface area contributed by atoms with Crippen molar-refractivity contribution >= 4 is 63.6 Å². The van der Waals surface area contributed by atoms with Crippen LogP contribution < -0.4 is 10.6 Å². The van der Waals surface area contributed by atoms with Crippen LogP contribution >= 0.6 is 0 Å². The lowest BCUT2D eigenvalue weighted by molar-refractivity contribution is 0.771. The molecule has 0 saturated heterocycles. The Labute approximate surface area is 270 Å². The van der Waals surface area contributed by atoms with Gasteiger partial charge < -0.3 is 9.13 Å². The summed E-state index contributed by atoms with van der Waals surface area (Å²) in [5.74, 6) is 0. The molecule has 0 N–H and O–H groups in total. The summed E-state index contributed by atoms with van der Waals surface area (Å²) in [4.78, 5) is 0. The SMILES string of the molecule is C=C(/C=C/c1ccc(-c2ccc(/C=C/c3ccc4c5ccccc5n(CC)c4c3)cc2)cc1)/C=c1\c(=C)c2ccccc2n1CC. The summed E-state index contributed by atoms with van der Waals surface area (Å²) in [7, 11) is 0. The van der Waals surface area contributed by atoms with Gasteiger partial charge in [0, 0.05) is 56.4 Å². The lowest BCUT2D eigenvalue weighted by atomic mass is 10.0. The molecular weight excluding hydrogens is 556 g/mol. The molecule has 0 atom stereocenters. The van der Waals surface area contributed by atoms with Crippen LogP contribution in [-0.2, 0) is 13.1 Å². The van der Waals surface area contributed by atoms with Gasteiger partial charge in [-0.1, -0.05) is 135 Å². The number of para-hydroxylation sites is 2. The molecule has 2 aromatic heterocycles. The number of hydrogen-bond acceptors (Lipinski definition) is 0. The Morgan fingerprint density at radius 2 is 1.09 bits per heavy atom. The Morgan fingerprint density at radius 1 is 0.565 bits per heavy atom. The van der Waals surface area contributed by atoms with E-state index in [9.17, 15) is 0 Å². The predicted molar refractivity (Wildman–Crippen MR) is 201 cm³/mol. The molecule has 0 unspecified atom stereocenters. The van der Waals surface area contributed by atoms with Crippen LogP contribution in [0.1, 0.15) is 30.5 Å². The van der Waals surface area contributed by atoms with Crippen LogP contribution in [0.3, 0.4) is 0 Å². The lowest BCUT2D eigenvalue weighted by Crippen LogP contribution is -2.27. The third kappa shape index (κ3) is 5.44. The summed E-state index contributed by atoms with van der Waals surface area (Å²) in [6.45, 7) is 14.9. The highest BCUT2D eigenvalue weighted by Gasteiger charge is 2.09. The van der Waals surface area contributed by atoms with E-state index in [0.717, 1.165) is 34.8 Å². The van der Waals surface area contributed by atoms with Gasteiger partial charge in [-0.3, -0.25) is 0 Å². The monoisotopic (exact) mass is 594 g/mol. The molecule has 2 nitrogen and oxygen atoms in total. The van der Waals surface area contributed by atoms with E-state index in [1.807, 2.05) is 0 Å². The molecule has 0 saturated carbocycles. The Morgan fingerprint density at radius 3 is 1.74 bits per heavy atom. The minimum absolute atomic E-state index is 0.889. The van der Waals surface area contributed by atoms with Crippen molar-refractivity contribution in [3.8, 4) is 11.1 Å². The van der Waals surface area contributed by atoms with Gasteiger partial charge in [-0.15, -0.1) is 0 Å². The average Bonchev–Trinajstić information content (AvgIpc) is 3.57. The van der Waals surface area contributed by atoms with Crippen molar-refractivity contribution in [3.05, 3.63) is 161 Å². The molecule has 0 spiro atoms. The van der Waals surface area contributed by atoms with Crippen LogP contribution in [0.15, 0.2) is 133 Å². The van der Waals surface area contributed by atoms with E-state index in [4.69, 9.17) is 0 Å². The van der Waals surface area contributed by atoms with Gasteiger partial charge in [0.15, 0.2) is 0 Å². The van der Waals surface area contributed by atoms with Crippen molar-refractivity contribution in [1.82, 2.24) is 9.13 Å². The third-order valence-corrected chi connectivity index (χ3v) is 8.98. The zero-order valence-corrected chi connectivity index (χ0v) is 26.6. The molecule has 0 fully saturated rings. The maximum Gasteiger partial charge on any atom is 0.0497 e. The second-order valence-corrected chi connectivity index (χ2v) is 11.8. The molecule has 5 aromatic carbocycles. The molecule has 0 bridgehead atoms. The Balaban J connectivity index is 1.05. The molecule has 0 aliphatic heterocycles. The first-order valence-electron chi connectivity index (χ1n) is 16.1. The van der Waals surface area contributed by atoms with E-state index >= 15 is 0 Å². The van der Waals surface area contributed by atoms with Crippen LogP contribution in [0.5, 0.6) is 0 Å². The van der Waals surface area contributed by atoms with Crippen LogP contribution in [0.25, 0.3) is 74.7 Å². The molecule has 0 aliphatic carbocycles. The fourth-order valence-electron chi connectivity index (χ4n) is 6.60. The van der Waals surface area contributed by atoms with Gasteiger partial charge in [-0.2, -0.15) is 0 Å². The number of aromatic nitrogens is 2. The number of allylic oxidation sites excluding steroid dienone is 2. The predicted octanol–water partition coefficient (Wildman–Crippen LogP) is 10.1. The minimum Gasteiger partial charge on any atom is -0.341 e. The van der Waals surface area contributed by atoms with Crippen LogP contribution in [0.2, 0.25) is 0 Å². The largest absolute Gasteiger partial charge is 0.341 e. The van der Waals surface area contributed by atoms with Crippen molar-refractivity contribution in [2.75, 3.05) is 0 Å². The number of fused-ring (bicyclic) bond motifs is 4. The van der Waals surface area contributed by atoms with Crippen LogP contribution in [0.4, 0.5) is 0 Å². The first kappa shape index (κ1) is 29.1. The number of aryl methyl sites for hydroxylation is 2. The highest BCUT2D eigenvalue weighted by atomic mass is 15.0. The Bertz CT molecular complexity index is 2390. The topological polar surface area (TPSA) is 9.86 Å². The van der Waals surface area contributed by atoms with Crippen LogP contribution in [-0.4, -0.2) is 9.13 Å². The lowest BCUT2D eigenvalue weighted by Gasteiger charge is -2.04. The van der Waals surface area contributed by atoms with Gasteiger partial charge in [-0.05, 0) is 71.5 Å². The number of nitrogens with zero attached hydrogens (tertiary/aromatic N) is 2. The number of rotatable bonds is 8. The summed E-state index contributed by atoms with van der Waals surface area (Å²) in [6.07, 6.45) is 10.7.